The van der Waals surface area contributed by atoms with Crippen LogP contribution in [0, 0.1) is 0 Å². The summed E-state index contributed by atoms with van der Waals surface area (Å²) in [4.78, 5) is 74.8. The molecule has 0 aromatic heterocycles. The molecule has 0 saturated heterocycles. The molecule has 198 valence electrons. The number of primary amides is 1. The summed E-state index contributed by atoms with van der Waals surface area (Å²) in [7, 11) is 0. The maximum Gasteiger partial charge on any atom is 0.326 e. The molecule has 0 heterocycles. The van der Waals surface area contributed by atoms with Crippen molar-refractivity contribution in [1.29, 1.82) is 0 Å². The maximum absolute atomic E-state index is 12.8. The van der Waals surface area contributed by atoms with Gasteiger partial charge in [0.2, 0.25) is 23.6 Å². The minimum absolute atomic E-state index is 0.0502. The third-order valence-corrected chi connectivity index (χ3v) is 4.80. The Labute approximate surface area is 206 Å². The lowest BCUT2D eigenvalue weighted by Gasteiger charge is -2.24. The van der Waals surface area contributed by atoms with Crippen molar-refractivity contribution in [3.05, 3.63) is 0 Å². The fraction of sp³-hybridized carbons (Fsp3) is 0.611. The predicted octanol–water partition coefficient (Wildman–Crippen LogP) is -4.42. The van der Waals surface area contributed by atoms with E-state index in [1.807, 2.05) is 0 Å². The molecule has 16 nitrogen and oxygen atoms in total. The number of nitrogens with two attached hydrogens (primary N) is 4. The molecule has 0 rings (SSSR count). The third-order valence-electron chi connectivity index (χ3n) is 4.41. The predicted molar refractivity (Wildman–Crippen MR) is 126 cm³/mol. The van der Waals surface area contributed by atoms with Crippen LogP contribution in [0.25, 0.3) is 0 Å². The fourth-order valence-electron chi connectivity index (χ4n) is 2.62. The van der Waals surface area contributed by atoms with E-state index in [1.54, 1.807) is 0 Å². The number of hydrogen-bond donors (Lipinski definition) is 10. The van der Waals surface area contributed by atoms with Crippen molar-refractivity contribution < 1.29 is 39.0 Å². The van der Waals surface area contributed by atoms with Crippen LogP contribution in [-0.2, 0) is 28.8 Å². The van der Waals surface area contributed by atoms with Crippen molar-refractivity contribution in [3.63, 3.8) is 0 Å². The summed E-state index contributed by atoms with van der Waals surface area (Å²) in [6, 6.07) is -5.47. The number of hydrogen-bond acceptors (Lipinski definition) is 9. The van der Waals surface area contributed by atoms with E-state index in [2.05, 4.69) is 33.6 Å². The number of nitrogens with zero attached hydrogens (tertiary/aromatic N) is 1. The Morgan fingerprint density at radius 1 is 0.829 bits per heavy atom. The number of thiol groups is 1. The van der Waals surface area contributed by atoms with Crippen LogP contribution in [0.2, 0.25) is 0 Å². The topological polar surface area (TPSA) is 295 Å². The fourth-order valence-corrected chi connectivity index (χ4v) is 2.78. The molecule has 0 aromatic carbocycles. The Balaban J connectivity index is 5.66. The van der Waals surface area contributed by atoms with Gasteiger partial charge in [-0.3, -0.25) is 29.0 Å². The molecule has 17 heteroatoms. The van der Waals surface area contributed by atoms with Crippen LogP contribution >= 0.6 is 12.6 Å². The first-order chi connectivity index (χ1) is 16.3. The van der Waals surface area contributed by atoms with Gasteiger partial charge in [0.1, 0.15) is 18.1 Å². The van der Waals surface area contributed by atoms with Gasteiger partial charge in [-0.05, 0) is 19.3 Å². The largest absolute Gasteiger partial charge is 0.481 e. The van der Waals surface area contributed by atoms with Crippen LogP contribution in [0.1, 0.15) is 32.1 Å². The highest BCUT2D eigenvalue weighted by Gasteiger charge is 2.30. The van der Waals surface area contributed by atoms with Crippen LogP contribution in [0.3, 0.4) is 0 Å². The van der Waals surface area contributed by atoms with E-state index in [4.69, 9.17) is 28.0 Å². The summed E-state index contributed by atoms with van der Waals surface area (Å²) in [5, 5.41) is 24.9. The Kier molecular flexibility index (Phi) is 14.4. The number of carboxylic acid groups (broad SMARTS) is 2. The number of amides is 4. The highest BCUT2D eigenvalue weighted by atomic mass is 32.1. The van der Waals surface area contributed by atoms with Crippen LogP contribution in [0.4, 0.5) is 0 Å². The van der Waals surface area contributed by atoms with Crippen LogP contribution in [0.5, 0.6) is 0 Å². The van der Waals surface area contributed by atoms with E-state index in [-0.39, 0.29) is 37.5 Å². The number of carbonyl (C=O) groups is 6. The van der Waals surface area contributed by atoms with Crippen LogP contribution < -0.4 is 38.9 Å². The van der Waals surface area contributed by atoms with E-state index in [9.17, 15) is 33.9 Å². The standard InChI is InChI=1S/C18H32N8O8S/c19-8(7-35)14(30)24-10(3-4-13(28)29)16(32)25-9(2-1-5-23-18(21)22)15(31)26-11(17(33)34)6-12(20)27/h8-11,35H,1-7,19H2,(H2,20,27)(H,24,30)(H,25,32)(H,26,31)(H,28,29)(H,33,34)(H4,21,22,23). The third kappa shape index (κ3) is 13.6. The molecule has 0 saturated carbocycles. The molecule has 4 unspecified atom stereocenters. The van der Waals surface area contributed by atoms with E-state index in [1.165, 1.54) is 0 Å². The Hall–Kier alpha value is -3.60. The van der Waals surface area contributed by atoms with E-state index < -0.39 is 72.6 Å². The molecular formula is C18H32N8O8S. The SMILES string of the molecule is NC(=O)CC(NC(=O)C(CCCN=C(N)N)NC(=O)C(CCC(=O)O)NC(=O)C(N)CS)C(=O)O. The average Bonchev–Trinajstić information content (AvgIpc) is 2.76. The van der Waals surface area contributed by atoms with Crippen molar-refractivity contribution in [3.8, 4) is 0 Å². The quantitative estimate of drug-likeness (QED) is 0.0377. The molecule has 35 heavy (non-hydrogen) atoms. The summed E-state index contributed by atoms with van der Waals surface area (Å²) < 4.78 is 0. The summed E-state index contributed by atoms with van der Waals surface area (Å²) >= 11 is 3.89. The van der Waals surface area contributed by atoms with Gasteiger partial charge in [0.25, 0.3) is 0 Å². The van der Waals surface area contributed by atoms with E-state index in [0.717, 1.165) is 0 Å². The second kappa shape index (κ2) is 16.1. The Morgan fingerprint density at radius 3 is 1.80 bits per heavy atom. The molecule has 13 N–H and O–H groups in total. The zero-order valence-corrected chi connectivity index (χ0v) is 19.7. The molecule has 0 radical (unpaired) electrons. The van der Waals surface area contributed by atoms with Crippen LogP contribution in [-0.4, -0.2) is 88.2 Å². The van der Waals surface area contributed by atoms with Gasteiger partial charge in [-0.2, -0.15) is 12.6 Å². The highest BCUT2D eigenvalue weighted by Crippen LogP contribution is 2.05. The number of carbonyl (C=O) groups excluding carboxylic acids is 4. The van der Waals surface area contributed by atoms with Crippen molar-refractivity contribution >= 4 is 54.2 Å². The molecule has 4 amide bonds. The van der Waals surface area contributed by atoms with Gasteiger partial charge in [0.15, 0.2) is 5.96 Å². The van der Waals surface area contributed by atoms with Gasteiger partial charge in [0.05, 0.1) is 12.5 Å². The minimum Gasteiger partial charge on any atom is -0.481 e. The van der Waals surface area contributed by atoms with Gasteiger partial charge < -0.3 is 49.1 Å². The summed E-state index contributed by atoms with van der Waals surface area (Å²) in [6.07, 6.45) is -1.42. The minimum atomic E-state index is -1.66. The van der Waals surface area contributed by atoms with Gasteiger partial charge in [0, 0.05) is 18.7 Å². The molecule has 0 aliphatic heterocycles. The molecular weight excluding hydrogens is 488 g/mol. The lowest BCUT2D eigenvalue weighted by molar-refractivity contribution is -0.143. The number of carboxylic acids is 2. The van der Waals surface area contributed by atoms with E-state index >= 15 is 0 Å². The lowest BCUT2D eigenvalue weighted by atomic mass is 10.1. The van der Waals surface area contributed by atoms with Gasteiger partial charge in [-0.15, -0.1) is 0 Å². The number of rotatable bonds is 17. The number of guanidine groups is 1. The van der Waals surface area contributed by atoms with E-state index in [0.29, 0.717) is 0 Å². The maximum atomic E-state index is 12.8. The Morgan fingerprint density at radius 2 is 1.34 bits per heavy atom. The number of aliphatic carboxylic acids is 2. The van der Waals surface area contributed by atoms with Crippen LogP contribution in [0.15, 0.2) is 4.99 Å². The molecule has 0 bridgehead atoms. The number of nitrogens with one attached hydrogen (secondary N) is 3. The first-order valence-corrected chi connectivity index (χ1v) is 11.0. The van der Waals surface area contributed by atoms with Crippen molar-refractivity contribution in [2.24, 2.45) is 27.9 Å². The zero-order chi connectivity index (χ0) is 27.1. The second-order valence-corrected chi connectivity index (χ2v) is 7.73. The molecule has 4 atom stereocenters. The lowest BCUT2D eigenvalue weighted by Crippen LogP contribution is -2.57. The molecule has 0 aliphatic rings. The molecule has 0 aliphatic carbocycles. The molecule has 0 aromatic rings. The first kappa shape index (κ1) is 31.4. The number of aliphatic imine (C=N–C) groups is 1. The monoisotopic (exact) mass is 520 g/mol. The van der Waals surface area contributed by atoms with Crippen molar-refractivity contribution in [2.45, 2.75) is 56.3 Å². The summed E-state index contributed by atoms with van der Waals surface area (Å²) in [6.45, 7) is 0.0710. The summed E-state index contributed by atoms with van der Waals surface area (Å²) in [5.74, 6) is -6.67. The van der Waals surface area contributed by atoms with Crippen molar-refractivity contribution in [1.82, 2.24) is 16.0 Å². The van der Waals surface area contributed by atoms with Gasteiger partial charge in [-0.1, -0.05) is 0 Å². The highest BCUT2D eigenvalue weighted by molar-refractivity contribution is 7.80. The first-order valence-electron chi connectivity index (χ1n) is 10.3. The second-order valence-electron chi connectivity index (χ2n) is 7.36. The molecule has 0 spiro atoms. The smallest absolute Gasteiger partial charge is 0.326 e. The molecule has 0 fully saturated rings. The zero-order valence-electron chi connectivity index (χ0n) is 18.8. The summed E-state index contributed by atoms with van der Waals surface area (Å²) in [5.41, 5.74) is 21.1. The average molecular weight is 521 g/mol. The normalized spacial score (nSPS) is 13.9. The van der Waals surface area contributed by atoms with Gasteiger partial charge in [-0.25, -0.2) is 4.79 Å². The van der Waals surface area contributed by atoms with Gasteiger partial charge >= 0.3 is 11.9 Å². The van der Waals surface area contributed by atoms with Crippen molar-refractivity contribution in [2.75, 3.05) is 12.3 Å². The Bertz CT molecular complexity index is 820.